The predicted octanol–water partition coefficient (Wildman–Crippen LogP) is 1.15. The van der Waals surface area contributed by atoms with E-state index < -0.39 is 0 Å². The van der Waals surface area contributed by atoms with E-state index in [9.17, 15) is 9.59 Å². The van der Waals surface area contributed by atoms with Crippen LogP contribution in [0.2, 0.25) is 4.34 Å². The minimum atomic E-state index is -0.263. The summed E-state index contributed by atoms with van der Waals surface area (Å²) in [5, 5.41) is 3.07. The molecular formula is C16H25ClN3O3S+. The Morgan fingerprint density at radius 3 is 2.71 bits per heavy atom. The molecule has 2 N–H and O–H groups in total. The van der Waals surface area contributed by atoms with Gasteiger partial charge in [-0.3, -0.25) is 4.79 Å². The number of thiophene rings is 1. The molecule has 2 heterocycles. The van der Waals surface area contributed by atoms with Gasteiger partial charge in [-0.05, 0) is 31.9 Å². The van der Waals surface area contributed by atoms with Gasteiger partial charge in [-0.15, -0.1) is 11.3 Å². The van der Waals surface area contributed by atoms with E-state index in [4.69, 9.17) is 16.3 Å². The van der Waals surface area contributed by atoms with E-state index in [0.29, 0.717) is 26.2 Å². The van der Waals surface area contributed by atoms with Crippen molar-refractivity contribution in [2.45, 2.75) is 32.4 Å². The number of ether oxygens (including phenoxy) is 1. The smallest absolute Gasteiger partial charge is 0.409 e. The first kappa shape index (κ1) is 19.0. The molecule has 8 heteroatoms. The average molecular weight is 375 g/mol. The lowest BCUT2D eigenvalue weighted by Gasteiger charge is -2.31. The molecule has 0 bridgehead atoms. The van der Waals surface area contributed by atoms with Crippen LogP contribution in [0.25, 0.3) is 0 Å². The van der Waals surface area contributed by atoms with Crippen LogP contribution in [-0.4, -0.2) is 56.2 Å². The van der Waals surface area contributed by atoms with E-state index in [0.717, 1.165) is 28.6 Å². The summed E-state index contributed by atoms with van der Waals surface area (Å²) in [5.74, 6) is 0.0461. The number of rotatable bonds is 6. The monoisotopic (exact) mass is 374 g/mol. The van der Waals surface area contributed by atoms with Crippen molar-refractivity contribution in [3.63, 3.8) is 0 Å². The summed E-state index contributed by atoms with van der Waals surface area (Å²) in [6.45, 7) is 4.65. The van der Waals surface area contributed by atoms with Gasteiger partial charge in [-0.25, -0.2) is 4.79 Å². The molecule has 1 atom stereocenters. The summed E-state index contributed by atoms with van der Waals surface area (Å²) < 4.78 is 5.77. The van der Waals surface area contributed by atoms with Gasteiger partial charge in [0, 0.05) is 19.1 Å². The number of quaternary nitrogens is 1. The van der Waals surface area contributed by atoms with Crippen LogP contribution in [0, 0.1) is 0 Å². The van der Waals surface area contributed by atoms with Crippen LogP contribution in [0.1, 0.15) is 24.6 Å². The molecule has 2 rings (SSSR count). The molecule has 0 saturated carbocycles. The largest absolute Gasteiger partial charge is 0.450 e. The highest BCUT2D eigenvalue weighted by atomic mass is 35.5. The Labute approximate surface area is 151 Å². The van der Waals surface area contributed by atoms with Crippen LogP contribution in [-0.2, 0) is 16.1 Å². The second-order valence-corrected chi connectivity index (χ2v) is 7.84. The van der Waals surface area contributed by atoms with Crippen molar-refractivity contribution in [2.75, 3.05) is 33.3 Å². The molecule has 1 aliphatic rings. The predicted molar refractivity (Wildman–Crippen MR) is 94.5 cm³/mol. The molecule has 1 saturated heterocycles. The number of piperidine rings is 1. The van der Waals surface area contributed by atoms with E-state index in [1.807, 2.05) is 19.2 Å². The van der Waals surface area contributed by atoms with Gasteiger partial charge in [0.25, 0.3) is 5.91 Å². The third kappa shape index (κ3) is 5.96. The van der Waals surface area contributed by atoms with Crippen LogP contribution in [0.15, 0.2) is 12.1 Å². The Morgan fingerprint density at radius 1 is 1.42 bits per heavy atom. The summed E-state index contributed by atoms with van der Waals surface area (Å²) in [5.41, 5.74) is 0. The lowest BCUT2D eigenvalue weighted by molar-refractivity contribution is -0.885. The topological polar surface area (TPSA) is 63.1 Å². The van der Waals surface area contributed by atoms with E-state index in [-0.39, 0.29) is 18.0 Å². The van der Waals surface area contributed by atoms with Crippen molar-refractivity contribution in [1.82, 2.24) is 10.2 Å². The van der Waals surface area contributed by atoms with Gasteiger partial charge in [0.2, 0.25) is 0 Å². The van der Waals surface area contributed by atoms with Crippen molar-refractivity contribution < 1.29 is 19.2 Å². The van der Waals surface area contributed by atoms with Crippen LogP contribution >= 0.6 is 22.9 Å². The number of hydrogen-bond acceptors (Lipinski definition) is 4. The molecular weight excluding hydrogens is 350 g/mol. The van der Waals surface area contributed by atoms with E-state index in [1.54, 1.807) is 23.2 Å². The highest BCUT2D eigenvalue weighted by molar-refractivity contribution is 7.16. The molecule has 1 aromatic rings. The number of amides is 2. The van der Waals surface area contributed by atoms with Gasteiger partial charge in [-0.1, -0.05) is 11.6 Å². The molecule has 0 spiro atoms. The zero-order valence-electron chi connectivity index (χ0n) is 14.1. The quantitative estimate of drug-likeness (QED) is 0.785. The van der Waals surface area contributed by atoms with Gasteiger partial charge >= 0.3 is 6.09 Å². The fourth-order valence-electron chi connectivity index (χ4n) is 2.78. The third-order valence-electron chi connectivity index (χ3n) is 3.95. The summed E-state index contributed by atoms with van der Waals surface area (Å²) in [6, 6.07) is 4.01. The molecule has 24 heavy (non-hydrogen) atoms. The van der Waals surface area contributed by atoms with Gasteiger partial charge in [0.15, 0.2) is 6.54 Å². The van der Waals surface area contributed by atoms with Crippen molar-refractivity contribution in [3.8, 4) is 0 Å². The van der Waals surface area contributed by atoms with E-state index in [1.165, 1.54) is 4.88 Å². The molecule has 0 radical (unpaired) electrons. The zero-order chi connectivity index (χ0) is 17.5. The molecule has 2 amide bonds. The van der Waals surface area contributed by atoms with Crippen LogP contribution in [0.5, 0.6) is 0 Å². The standard InChI is InChI=1S/C16H24ClN3O3S/c1-3-23-16(22)20-8-6-12(7-9-20)18-15(21)11-19(2)10-13-4-5-14(17)24-13/h4-5,12H,3,6-11H2,1-2H3,(H,18,21)/p+1. The Morgan fingerprint density at radius 2 is 2.12 bits per heavy atom. The molecule has 0 aliphatic carbocycles. The minimum Gasteiger partial charge on any atom is -0.450 e. The summed E-state index contributed by atoms with van der Waals surface area (Å²) in [4.78, 5) is 27.8. The SMILES string of the molecule is CCOC(=O)N1CCC(NC(=O)C[NH+](C)Cc2ccc(Cl)s2)CC1. The number of hydrogen-bond donors (Lipinski definition) is 2. The number of nitrogens with zero attached hydrogens (tertiary/aromatic N) is 1. The number of carbonyl (C=O) groups is 2. The average Bonchev–Trinajstić information content (AvgIpc) is 2.92. The fraction of sp³-hybridized carbons (Fsp3) is 0.625. The molecule has 6 nitrogen and oxygen atoms in total. The van der Waals surface area contributed by atoms with Gasteiger partial charge < -0.3 is 19.9 Å². The zero-order valence-corrected chi connectivity index (χ0v) is 15.7. The van der Waals surface area contributed by atoms with Crippen molar-refractivity contribution >= 4 is 34.9 Å². The number of likely N-dealkylation sites (N-methyl/N-ethyl adjacent to an activating group) is 1. The normalized spacial score (nSPS) is 16.7. The van der Waals surface area contributed by atoms with Crippen LogP contribution in [0.3, 0.4) is 0 Å². The Kier molecular flexibility index (Phi) is 7.33. The lowest BCUT2D eigenvalue weighted by atomic mass is 10.1. The van der Waals surface area contributed by atoms with Crippen LogP contribution < -0.4 is 10.2 Å². The molecule has 0 aromatic carbocycles. The second-order valence-electron chi connectivity index (χ2n) is 6.04. The maximum atomic E-state index is 12.2. The van der Waals surface area contributed by atoms with Gasteiger partial charge in [0.05, 0.1) is 22.9 Å². The fourth-order valence-corrected chi connectivity index (χ4v) is 3.98. The lowest BCUT2D eigenvalue weighted by Crippen LogP contribution is -3.08. The second kappa shape index (κ2) is 9.25. The van der Waals surface area contributed by atoms with Gasteiger partial charge in [-0.2, -0.15) is 0 Å². The summed E-state index contributed by atoms with van der Waals surface area (Å²) in [7, 11) is 2.00. The number of likely N-dealkylation sites (tertiary alicyclic amines) is 1. The maximum Gasteiger partial charge on any atom is 0.409 e. The summed E-state index contributed by atoms with van der Waals surface area (Å²) in [6.07, 6.45) is 1.27. The van der Waals surface area contributed by atoms with Crippen molar-refractivity contribution in [2.24, 2.45) is 0 Å². The molecule has 1 aliphatic heterocycles. The first-order valence-electron chi connectivity index (χ1n) is 8.24. The Balaban J connectivity index is 1.68. The Hall–Kier alpha value is -1.31. The first-order valence-corrected chi connectivity index (χ1v) is 9.44. The molecule has 1 fully saturated rings. The number of halogens is 1. The number of carbonyl (C=O) groups excluding carboxylic acids is 2. The third-order valence-corrected chi connectivity index (χ3v) is 5.18. The van der Waals surface area contributed by atoms with Crippen molar-refractivity contribution in [3.05, 3.63) is 21.3 Å². The van der Waals surface area contributed by atoms with Gasteiger partial charge in [0.1, 0.15) is 6.54 Å². The maximum absolute atomic E-state index is 12.2. The van der Waals surface area contributed by atoms with E-state index in [2.05, 4.69) is 5.32 Å². The van der Waals surface area contributed by atoms with Crippen LogP contribution in [0.4, 0.5) is 4.79 Å². The Bertz CT molecular complexity index is 559. The highest BCUT2D eigenvalue weighted by Crippen LogP contribution is 2.20. The number of nitrogens with one attached hydrogen (secondary N) is 2. The van der Waals surface area contributed by atoms with Crippen molar-refractivity contribution in [1.29, 1.82) is 0 Å². The first-order chi connectivity index (χ1) is 11.5. The van der Waals surface area contributed by atoms with E-state index >= 15 is 0 Å². The highest BCUT2D eigenvalue weighted by Gasteiger charge is 2.25. The summed E-state index contributed by atoms with van der Waals surface area (Å²) >= 11 is 7.47. The molecule has 1 unspecified atom stereocenters. The molecule has 1 aromatic heterocycles. The molecule has 134 valence electrons. The minimum absolute atomic E-state index is 0.0461.